The minimum atomic E-state index is -0.854. The Morgan fingerprint density at radius 1 is 1.00 bits per heavy atom. The van der Waals surface area contributed by atoms with Crippen molar-refractivity contribution in [2.45, 2.75) is 30.6 Å². The van der Waals surface area contributed by atoms with Gasteiger partial charge in [0.1, 0.15) is 5.41 Å². The van der Waals surface area contributed by atoms with Gasteiger partial charge in [0.05, 0.1) is 23.6 Å². The van der Waals surface area contributed by atoms with Crippen LogP contribution in [0.3, 0.4) is 0 Å². The molecule has 0 saturated heterocycles. The molecule has 6 rings (SSSR count). The van der Waals surface area contributed by atoms with E-state index in [2.05, 4.69) is 36.4 Å². The predicted octanol–water partition coefficient (Wildman–Crippen LogP) is 3.25. The molecule has 0 N–H and O–H groups in total. The summed E-state index contributed by atoms with van der Waals surface area (Å²) in [4.78, 5) is 0. The summed E-state index contributed by atoms with van der Waals surface area (Å²) in [7, 11) is 0. The van der Waals surface area contributed by atoms with E-state index in [4.69, 9.17) is 0 Å². The Morgan fingerprint density at radius 2 is 1.78 bits per heavy atom. The van der Waals surface area contributed by atoms with Crippen molar-refractivity contribution < 1.29 is 0 Å². The molecule has 4 fully saturated rings. The van der Waals surface area contributed by atoms with Crippen molar-refractivity contribution in [1.29, 1.82) is 15.8 Å². The largest absolute Gasteiger partial charge is 0.197 e. The molecule has 5 aliphatic rings. The molecule has 0 aliphatic heterocycles. The lowest BCUT2D eigenvalue weighted by molar-refractivity contribution is 0.259. The van der Waals surface area contributed by atoms with Gasteiger partial charge in [-0.2, -0.15) is 15.8 Å². The van der Waals surface area contributed by atoms with Crippen LogP contribution in [-0.2, 0) is 5.41 Å². The molecular formula is C20H15N3. The van der Waals surface area contributed by atoms with Gasteiger partial charge in [-0.15, -0.1) is 0 Å². The molecule has 23 heavy (non-hydrogen) atoms. The zero-order valence-electron chi connectivity index (χ0n) is 12.7. The second kappa shape index (κ2) is 3.16. The molecule has 3 nitrogen and oxygen atoms in total. The minimum absolute atomic E-state index is 0.0853. The molecule has 3 heteroatoms. The van der Waals surface area contributed by atoms with Crippen LogP contribution in [-0.4, -0.2) is 0 Å². The number of hydrogen-bond donors (Lipinski definition) is 0. The second-order valence-corrected chi connectivity index (χ2v) is 8.30. The van der Waals surface area contributed by atoms with Gasteiger partial charge in [0.15, 0.2) is 0 Å². The van der Waals surface area contributed by atoms with Gasteiger partial charge < -0.3 is 0 Å². The van der Waals surface area contributed by atoms with Crippen molar-refractivity contribution in [2.24, 2.45) is 34.5 Å². The normalized spacial score (nSPS) is 51.1. The van der Waals surface area contributed by atoms with Gasteiger partial charge in [-0.05, 0) is 60.0 Å². The molecule has 4 saturated carbocycles. The lowest BCUT2D eigenvalue weighted by Crippen LogP contribution is -2.25. The average Bonchev–Trinajstić information content (AvgIpc) is 3.02. The van der Waals surface area contributed by atoms with Gasteiger partial charge >= 0.3 is 0 Å². The van der Waals surface area contributed by atoms with E-state index in [9.17, 15) is 15.8 Å². The number of rotatable bonds is 0. The SMILES string of the molecule is N#CC1(C#N)CC23C4[C@@H](c5ccccc5[C@@]42C#N)[C@@H]2CC[C@H]1[C@@H]23. The maximum absolute atomic E-state index is 10.2. The molecule has 0 radical (unpaired) electrons. The third-order valence-corrected chi connectivity index (χ3v) is 8.32. The second-order valence-electron chi connectivity index (χ2n) is 8.30. The van der Waals surface area contributed by atoms with Crippen molar-refractivity contribution >= 4 is 0 Å². The lowest BCUT2D eigenvalue weighted by Gasteiger charge is -2.24. The van der Waals surface area contributed by atoms with E-state index in [1.54, 1.807) is 0 Å². The fraction of sp³-hybridized carbons (Fsp3) is 0.550. The smallest absolute Gasteiger partial charge is 0.147 e. The van der Waals surface area contributed by atoms with Crippen LogP contribution in [0.1, 0.15) is 36.3 Å². The molecule has 0 heterocycles. The first kappa shape index (κ1) is 12.2. The van der Waals surface area contributed by atoms with Gasteiger partial charge in [-0.3, -0.25) is 0 Å². The van der Waals surface area contributed by atoms with Gasteiger partial charge in [-0.1, -0.05) is 24.3 Å². The molecule has 110 valence electrons. The highest BCUT2D eigenvalue weighted by Crippen LogP contribution is 2.95. The number of benzene rings is 1. The number of nitrogens with zero attached hydrogens (tertiary/aromatic N) is 3. The quantitative estimate of drug-likeness (QED) is 0.738. The average molecular weight is 297 g/mol. The molecule has 1 aromatic carbocycles. The summed E-state index contributed by atoms with van der Waals surface area (Å²) in [5.41, 5.74) is 1.26. The summed E-state index contributed by atoms with van der Waals surface area (Å²) < 4.78 is 0. The monoisotopic (exact) mass is 297 g/mol. The standard InChI is InChI=1S/C20H15N3/c21-8-18(9-22)7-19-16-12(5-6-14(16)18)15-11-3-1-2-4-13(11)20(19,10-23)17(15)19/h1-4,12,14-17H,5-7H2/t12-,14-,15-,16+,17?,19?,20-/m0/s1. The van der Waals surface area contributed by atoms with Crippen LogP contribution in [0.4, 0.5) is 0 Å². The fourth-order valence-electron chi connectivity index (χ4n) is 8.06. The summed E-state index contributed by atoms with van der Waals surface area (Å²) in [5, 5.41) is 29.8. The van der Waals surface area contributed by atoms with Crippen molar-refractivity contribution in [3.05, 3.63) is 35.4 Å². The fourth-order valence-corrected chi connectivity index (χ4v) is 8.06. The van der Waals surface area contributed by atoms with E-state index in [1.165, 1.54) is 11.1 Å². The topological polar surface area (TPSA) is 71.4 Å². The Labute approximate surface area is 135 Å². The van der Waals surface area contributed by atoms with Crippen molar-refractivity contribution in [3.8, 4) is 18.2 Å². The van der Waals surface area contributed by atoms with Crippen LogP contribution in [0.25, 0.3) is 0 Å². The summed E-state index contributed by atoms with van der Waals surface area (Å²) in [6.45, 7) is 0. The van der Waals surface area contributed by atoms with Crippen molar-refractivity contribution in [3.63, 3.8) is 0 Å². The Morgan fingerprint density at radius 3 is 2.52 bits per heavy atom. The number of fused-ring (bicyclic) bond motifs is 4. The minimum Gasteiger partial charge on any atom is -0.197 e. The summed E-state index contributed by atoms with van der Waals surface area (Å²) in [6, 6.07) is 16.0. The zero-order valence-corrected chi connectivity index (χ0v) is 12.7. The predicted molar refractivity (Wildman–Crippen MR) is 80.4 cm³/mol. The van der Waals surface area contributed by atoms with E-state index in [1.807, 2.05) is 6.07 Å². The molecule has 1 spiro atoms. The van der Waals surface area contributed by atoms with Crippen LogP contribution in [0.2, 0.25) is 0 Å². The van der Waals surface area contributed by atoms with Crippen LogP contribution in [0, 0.1) is 68.5 Å². The van der Waals surface area contributed by atoms with Crippen LogP contribution in [0.5, 0.6) is 0 Å². The molecule has 0 bridgehead atoms. The van der Waals surface area contributed by atoms with Gasteiger partial charge in [0, 0.05) is 5.41 Å². The highest BCUT2D eigenvalue weighted by molar-refractivity contribution is 5.66. The number of nitriles is 3. The van der Waals surface area contributed by atoms with Crippen molar-refractivity contribution in [2.75, 3.05) is 0 Å². The number of hydrogen-bond acceptors (Lipinski definition) is 3. The molecule has 0 amide bonds. The Bertz CT molecular complexity index is 898. The third kappa shape index (κ3) is 0.839. The summed E-state index contributed by atoms with van der Waals surface area (Å²) in [5.74, 6) is 2.03. The molecule has 2 unspecified atom stereocenters. The van der Waals surface area contributed by atoms with E-state index in [0.717, 1.165) is 12.8 Å². The van der Waals surface area contributed by atoms with Gasteiger partial charge in [0.25, 0.3) is 0 Å². The molecule has 1 aromatic rings. The van der Waals surface area contributed by atoms with E-state index < -0.39 is 10.8 Å². The van der Waals surface area contributed by atoms with Crippen LogP contribution >= 0.6 is 0 Å². The molecular weight excluding hydrogens is 282 g/mol. The first-order valence-electron chi connectivity index (χ1n) is 8.55. The maximum Gasteiger partial charge on any atom is 0.147 e. The first-order chi connectivity index (χ1) is 11.2. The summed E-state index contributed by atoms with van der Waals surface area (Å²) in [6.07, 6.45) is 2.74. The highest BCUT2D eigenvalue weighted by Gasteiger charge is 2.95. The summed E-state index contributed by atoms with van der Waals surface area (Å²) >= 11 is 0. The molecule has 5 aliphatic carbocycles. The van der Waals surface area contributed by atoms with Crippen LogP contribution in [0.15, 0.2) is 24.3 Å². The van der Waals surface area contributed by atoms with Gasteiger partial charge in [0.2, 0.25) is 0 Å². The Balaban J connectivity index is 1.66. The van der Waals surface area contributed by atoms with Gasteiger partial charge in [-0.25, -0.2) is 0 Å². The molecule has 7 atom stereocenters. The first-order valence-corrected chi connectivity index (χ1v) is 8.55. The van der Waals surface area contributed by atoms with E-state index in [-0.39, 0.29) is 11.3 Å². The van der Waals surface area contributed by atoms with E-state index >= 15 is 0 Å². The molecule has 0 aromatic heterocycles. The van der Waals surface area contributed by atoms with Crippen LogP contribution < -0.4 is 0 Å². The van der Waals surface area contributed by atoms with E-state index in [0.29, 0.717) is 30.1 Å². The highest BCUT2D eigenvalue weighted by atomic mass is 15.0. The maximum atomic E-state index is 10.2. The Hall–Kier alpha value is -2.31. The lowest BCUT2D eigenvalue weighted by atomic mass is 9.76. The zero-order chi connectivity index (χ0) is 15.6. The Kier molecular flexibility index (Phi) is 1.67. The third-order valence-electron chi connectivity index (χ3n) is 8.32. The van der Waals surface area contributed by atoms with Crippen molar-refractivity contribution in [1.82, 2.24) is 0 Å².